The number of allylic oxidation sites excluding steroid dienone is 1. The van der Waals surface area contributed by atoms with Crippen molar-refractivity contribution in [2.24, 2.45) is 5.92 Å². The number of hydrogen-bond donors (Lipinski definition) is 1. The van der Waals surface area contributed by atoms with Crippen LogP contribution in [0.2, 0.25) is 0 Å². The Morgan fingerprint density at radius 3 is 2.49 bits per heavy atom. The van der Waals surface area contributed by atoms with Gasteiger partial charge in [-0.1, -0.05) is 30.3 Å². The molecule has 3 aromatic rings. The maximum Gasteiger partial charge on any atom is 0.336 e. The number of rotatable bonds is 7. The second-order valence-corrected chi connectivity index (χ2v) is 9.36. The van der Waals surface area contributed by atoms with Crippen molar-refractivity contribution in [3.05, 3.63) is 82.1 Å². The maximum absolute atomic E-state index is 13.6. The van der Waals surface area contributed by atoms with Crippen LogP contribution in [0.3, 0.4) is 0 Å². The molecule has 3 heterocycles. The predicted octanol–water partition coefficient (Wildman–Crippen LogP) is 4.82. The van der Waals surface area contributed by atoms with E-state index in [1.54, 1.807) is 26.2 Å². The summed E-state index contributed by atoms with van der Waals surface area (Å²) in [5.41, 5.74) is 2.71. The van der Waals surface area contributed by atoms with Gasteiger partial charge in [0, 0.05) is 29.0 Å². The Bertz CT molecular complexity index is 1230. The quantitative estimate of drug-likeness (QED) is 0.474. The number of nitrogens with one attached hydrogen (secondary N) is 1. The van der Waals surface area contributed by atoms with Crippen molar-refractivity contribution >= 4 is 23.3 Å². The summed E-state index contributed by atoms with van der Waals surface area (Å²) in [5, 5.41) is 6.04. The van der Waals surface area contributed by atoms with Gasteiger partial charge in [-0.15, -0.1) is 11.3 Å². The van der Waals surface area contributed by atoms with E-state index in [0.29, 0.717) is 16.3 Å². The van der Waals surface area contributed by atoms with Crippen molar-refractivity contribution in [3.63, 3.8) is 0 Å². The van der Waals surface area contributed by atoms with Crippen molar-refractivity contribution in [1.82, 2.24) is 15.3 Å². The van der Waals surface area contributed by atoms with E-state index in [9.17, 15) is 9.59 Å². The summed E-state index contributed by atoms with van der Waals surface area (Å²) >= 11 is 1.41. The molecule has 4 rings (SSSR count). The van der Waals surface area contributed by atoms with Gasteiger partial charge >= 0.3 is 11.9 Å². The molecule has 1 N–H and O–H groups in total. The van der Waals surface area contributed by atoms with E-state index in [1.165, 1.54) is 11.3 Å². The average Bonchev–Trinajstić information content (AvgIpc) is 3.35. The van der Waals surface area contributed by atoms with E-state index in [4.69, 9.17) is 14.5 Å². The summed E-state index contributed by atoms with van der Waals surface area (Å²) in [6.07, 6.45) is 3.45. The Hall–Kier alpha value is -3.52. The number of aromatic nitrogens is 2. The van der Waals surface area contributed by atoms with Crippen molar-refractivity contribution in [2.75, 3.05) is 13.2 Å². The lowest BCUT2D eigenvalue weighted by Gasteiger charge is -2.46. The maximum atomic E-state index is 13.6. The van der Waals surface area contributed by atoms with Gasteiger partial charge < -0.3 is 14.8 Å². The van der Waals surface area contributed by atoms with E-state index in [2.05, 4.69) is 10.3 Å². The summed E-state index contributed by atoms with van der Waals surface area (Å²) in [7, 11) is 0. The molecular formula is C27H29N3O4S. The zero-order chi connectivity index (χ0) is 25.0. The molecule has 0 aliphatic carbocycles. The van der Waals surface area contributed by atoms with Crippen molar-refractivity contribution in [3.8, 4) is 11.3 Å². The number of hydrogen-bond acceptors (Lipinski definition) is 8. The highest BCUT2D eigenvalue weighted by Crippen LogP contribution is 2.49. The number of thiazole rings is 1. The van der Waals surface area contributed by atoms with E-state index >= 15 is 0 Å². The lowest BCUT2D eigenvalue weighted by atomic mass is 9.67. The number of nitrogens with zero attached hydrogens (tertiary/aromatic N) is 2. The molecule has 2 aromatic heterocycles. The van der Waals surface area contributed by atoms with Crippen LogP contribution in [0.5, 0.6) is 0 Å². The van der Waals surface area contributed by atoms with Crippen LogP contribution in [0.1, 0.15) is 44.2 Å². The van der Waals surface area contributed by atoms with Gasteiger partial charge in [0.25, 0.3) is 0 Å². The highest BCUT2D eigenvalue weighted by Gasteiger charge is 2.54. The summed E-state index contributed by atoms with van der Waals surface area (Å²) in [6.45, 7) is 7.81. The third-order valence-electron chi connectivity index (χ3n) is 6.27. The summed E-state index contributed by atoms with van der Waals surface area (Å²) in [5.74, 6) is -2.29. The average molecular weight is 492 g/mol. The Morgan fingerprint density at radius 1 is 1.09 bits per heavy atom. The molecule has 0 radical (unpaired) electrons. The minimum absolute atomic E-state index is 0.223. The van der Waals surface area contributed by atoms with E-state index in [-0.39, 0.29) is 13.2 Å². The number of pyridine rings is 1. The Balaban J connectivity index is 1.93. The first kappa shape index (κ1) is 24.6. The Kier molecular flexibility index (Phi) is 7.31. The topological polar surface area (TPSA) is 90.4 Å². The number of esters is 2. The van der Waals surface area contributed by atoms with Crippen LogP contribution in [0.4, 0.5) is 0 Å². The summed E-state index contributed by atoms with van der Waals surface area (Å²) in [6, 6.07) is 13.5. The van der Waals surface area contributed by atoms with Crippen LogP contribution in [-0.2, 0) is 24.6 Å². The van der Waals surface area contributed by atoms with Gasteiger partial charge in [0.2, 0.25) is 0 Å². The predicted molar refractivity (Wildman–Crippen MR) is 134 cm³/mol. The van der Waals surface area contributed by atoms with Crippen LogP contribution < -0.4 is 5.32 Å². The molecule has 3 atom stereocenters. The van der Waals surface area contributed by atoms with Crippen LogP contribution in [-0.4, -0.2) is 35.1 Å². The first-order chi connectivity index (χ1) is 16.9. The minimum atomic E-state index is -0.849. The monoisotopic (exact) mass is 491 g/mol. The number of benzene rings is 1. The van der Waals surface area contributed by atoms with Crippen LogP contribution in [0, 0.1) is 5.92 Å². The second kappa shape index (κ2) is 10.4. The standard InChI is InChI=1S/C27H29N3O4S/c1-5-33-25(31)21-17(3)30-27(4,19-12-8-7-9-13-19)23(26(32)34-6-2)22(21)24-29-20(16-35-24)18-11-10-14-28-15-18/h7-16,22-23,30H,5-6H2,1-4H3. The smallest absolute Gasteiger partial charge is 0.336 e. The highest BCUT2D eigenvalue weighted by atomic mass is 32.1. The third-order valence-corrected chi connectivity index (χ3v) is 7.20. The van der Waals surface area contributed by atoms with Gasteiger partial charge in [-0.2, -0.15) is 0 Å². The fourth-order valence-electron chi connectivity index (χ4n) is 4.74. The number of carbonyl (C=O) groups is 2. The van der Waals surface area contributed by atoms with Gasteiger partial charge in [0.1, 0.15) is 5.01 Å². The molecule has 0 fully saturated rings. The Morgan fingerprint density at radius 2 is 1.83 bits per heavy atom. The van der Waals surface area contributed by atoms with Gasteiger partial charge in [-0.3, -0.25) is 9.78 Å². The molecular weight excluding hydrogens is 462 g/mol. The minimum Gasteiger partial charge on any atom is -0.466 e. The van der Waals surface area contributed by atoms with Gasteiger partial charge in [0.15, 0.2) is 0 Å². The van der Waals surface area contributed by atoms with Gasteiger partial charge in [-0.05, 0) is 45.4 Å². The second-order valence-electron chi connectivity index (χ2n) is 8.47. The molecule has 1 aliphatic rings. The third kappa shape index (κ3) is 4.71. The molecule has 1 aliphatic heterocycles. The zero-order valence-electron chi connectivity index (χ0n) is 20.3. The lowest BCUT2D eigenvalue weighted by Crippen LogP contribution is -2.55. The number of ether oxygens (including phenoxy) is 2. The van der Waals surface area contributed by atoms with E-state index in [1.807, 2.05) is 61.7 Å². The van der Waals surface area contributed by atoms with E-state index < -0.39 is 29.3 Å². The van der Waals surface area contributed by atoms with Crippen molar-refractivity contribution in [1.29, 1.82) is 0 Å². The molecule has 0 bridgehead atoms. The fourth-order valence-corrected chi connectivity index (χ4v) is 5.71. The van der Waals surface area contributed by atoms with Crippen LogP contribution in [0.15, 0.2) is 71.5 Å². The number of carbonyl (C=O) groups excluding carboxylic acids is 2. The molecule has 7 nitrogen and oxygen atoms in total. The molecule has 0 saturated heterocycles. The highest BCUT2D eigenvalue weighted by molar-refractivity contribution is 7.10. The zero-order valence-corrected chi connectivity index (χ0v) is 21.1. The molecule has 3 unspecified atom stereocenters. The first-order valence-electron chi connectivity index (χ1n) is 11.6. The summed E-state index contributed by atoms with van der Waals surface area (Å²) < 4.78 is 11.0. The molecule has 0 spiro atoms. The van der Waals surface area contributed by atoms with Crippen LogP contribution in [0.25, 0.3) is 11.3 Å². The Labute approximate surface area is 209 Å². The molecule has 1 aromatic carbocycles. The normalized spacial score (nSPS) is 21.8. The molecule has 35 heavy (non-hydrogen) atoms. The van der Waals surface area contributed by atoms with Crippen molar-refractivity contribution in [2.45, 2.75) is 39.2 Å². The van der Waals surface area contributed by atoms with Gasteiger partial charge in [0.05, 0.1) is 41.9 Å². The molecule has 0 saturated carbocycles. The largest absolute Gasteiger partial charge is 0.466 e. The fraction of sp³-hybridized carbons (Fsp3) is 0.333. The lowest BCUT2D eigenvalue weighted by molar-refractivity contribution is -0.152. The van der Waals surface area contributed by atoms with Crippen molar-refractivity contribution < 1.29 is 19.1 Å². The van der Waals surface area contributed by atoms with E-state index in [0.717, 1.165) is 16.8 Å². The molecule has 182 valence electrons. The van der Waals surface area contributed by atoms with Crippen LogP contribution >= 0.6 is 11.3 Å². The summed E-state index contributed by atoms with van der Waals surface area (Å²) in [4.78, 5) is 35.9. The van der Waals surface area contributed by atoms with Gasteiger partial charge in [-0.25, -0.2) is 9.78 Å². The molecule has 8 heteroatoms. The SMILES string of the molecule is CCOC(=O)C1=C(C)NC(C)(c2ccccc2)C(C(=O)OCC)C1c1nc(-c2cccnc2)cs1. The first-order valence-corrected chi connectivity index (χ1v) is 12.5. The molecule has 0 amide bonds.